The van der Waals surface area contributed by atoms with E-state index in [1.165, 1.54) is 0 Å². The fraction of sp³-hybridized carbons (Fsp3) is 0.800. The third-order valence-electron chi connectivity index (χ3n) is 4.14. The number of hydrogen-bond donors (Lipinski definition) is 1. The molecule has 0 aliphatic heterocycles. The summed E-state index contributed by atoms with van der Waals surface area (Å²) in [7, 11) is 0. The summed E-state index contributed by atoms with van der Waals surface area (Å²) in [6, 6.07) is 0. The summed E-state index contributed by atoms with van der Waals surface area (Å²) in [6.45, 7) is 5.08. The first-order valence-electron chi connectivity index (χ1n) is 7.38. The molecule has 2 aliphatic carbocycles. The Kier molecular flexibility index (Phi) is 4.86. The van der Waals surface area contributed by atoms with E-state index < -0.39 is 0 Å². The molecule has 0 amide bonds. The minimum atomic E-state index is -0.346. The number of aliphatic hydroxyl groups is 1. The molecule has 1 saturated carbocycles. The molecule has 2 aliphatic rings. The lowest BCUT2D eigenvalue weighted by Crippen LogP contribution is -2.16. The van der Waals surface area contributed by atoms with E-state index in [1.807, 2.05) is 0 Å². The van der Waals surface area contributed by atoms with Gasteiger partial charge < -0.3 is 14.6 Å². The maximum Gasteiger partial charge on any atom is 0.337 e. The van der Waals surface area contributed by atoms with Crippen LogP contribution in [0.15, 0.2) is 11.3 Å². The molecule has 0 heterocycles. The average Bonchev–Trinajstić information content (AvgIpc) is 2.85. The molecule has 0 bridgehead atoms. The van der Waals surface area contributed by atoms with E-state index in [-0.39, 0.29) is 23.8 Å². The number of unbranched alkanes of at least 4 members (excludes halogenated alkanes) is 1. The van der Waals surface area contributed by atoms with Crippen molar-refractivity contribution in [2.75, 3.05) is 13.2 Å². The van der Waals surface area contributed by atoms with Gasteiger partial charge in [-0.2, -0.15) is 0 Å². The van der Waals surface area contributed by atoms with Crippen LogP contribution in [-0.2, 0) is 14.3 Å². The molecular formula is C15H24O4. The number of carbonyl (C=O) groups excluding carboxylic acids is 1. The lowest BCUT2D eigenvalue weighted by Gasteiger charge is -2.13. The summed E-state index contributed by atoms with van der Waals surface area (Å²) >= 11 is 0. The summed E-state index contributed by atoms with van der Waals surface area (Å²) in [4.78, 5) is 11.9. The van der Waals surface area contributed by atoms with E-state index in [9.17, 15) is 9.90 Å². The predicted molar refractivity (Wildman–Crippen MR) is 71.8 cm³/mol. The van der Waals surface area contributed by atoms with E-state index in [0.29, 0.717) is 24.5 Å². The Labute approximate surface area is 114 Å². The van der Waals surface area contributed by atoms with Crippen LogP contribution in [0.5, 0.6) is 0 Å². The number of fused-ring (bicyclic) bond motifs is 1. The second-order valence-electron chi connectivity index (χ2n) is 5.47. The molecule has 0 spiro atoms. The van der Waals surface area contributed by atoms with Crippen LogP contribution in [-0.4, -0.2) is 30.4 Å². The molecule has 0 radical (unpaired) electrons. The molecule has 4 heteroatoms. The fourth-order valence-corrected chi connectivity index (χ4v) is 3.23. The molecule has 19 heavy (non-hydrogen) atoms. The van der Waals surface area contributed by atoms with Crippen molar-refractivity contribution in [3.05, 3.63) is 11.3 Å². The quantitative estimate of drug-likeness (QED) is 0.594. The molecule has 1 fully saturated rings. The van der Waals surface area contributed by atoms with E-state index in [4.69, 9.17) is 9.47 Å². The van der Waals surface area contributed by atoms with Gasteiger partial charge in [-0.25, -0.2) is 4.79 Å². The van der Waals surface area contributed by atoms with Crippen molar-refractivity contribution >= 4 is 5.97 Å². The van der Waals surface area contributed by atoms with Crippen LogP contribution >= 0.6 is 0 Å². The first kappa shape index (κ1) is 14.4. The highest BCUT2D eigenvalue weighted by Crippen LogP contribution is 2.48. The van der Waals surface area contributed by atoms with Crippen LogP contribution in [0.4, 0.5) is 0 Å². The highest BCUT2D eigenvalue weighted by Gasteiger charge is 2.45. The van der Waals surface area contributed by atoms with Gasteiger partial charge >= 0.3 is 5.97 Å². The van der Waals surface area contributed by atoms with Crippen LogP contribution < -0.4 is 0 Å². The monoisotopic (exact) mass is 268 g/mol. The first-order chi connectivity index (χ1) is 9.17. The Hall–Kier alpha value is -1.03. The first-order valence-corrected chi connectivity index (χ1v) is 7.38. The van der Waals surface area contributed by atoms with Gasteiger partial charge in [-0.1, -0.05) is 13.3 Å². The van der Waals surface area contributed by atoms with E-state index in [1.54, 1.807) is 6.92 Å². The van der Waals surface area contributed by atoms with Gasteiger partial charge in [-0.05, 0) is 32.1 Å². The maximum atomic E-state index is 11.9. The number of ether oxygens (including phenoxy) is 2. The molecule has 3 atom stereocenters. The third kappa shape index (κ3) is 3.11. The minimum absolute atomic E-state index is 0.130. The van der Waals surface area contributed by atoms with Crippen LogP contribution in [0, 0.1) is 11.8 Å². The van der Waals surface area contributed by atoms with Crippen molar-refractivity contribution in [1.82, 2.24) is 0 Å². The molecule has 108 valence electrons. The Bertz CT molecular complexity index is 361. The molecule has 0 saturated heterocycles. The standard InChI is InChI=1S/C15H24O4/c1-3-5-6-19-11-7-10-8-13(16)14(12(10)9-11)15(17)18-4-2/h10-12,16H,3-9H2,1-2H3/t10-,11+,12-/m0/s1. The van der Waals surface area contributed by atoms with Crippen molar-refractivity contribution in [3.63, 3.8) is 0 Å². The predicted octanol–water partition coefficient (Wildman–Crippen LogP) is 2.98. The molecule has 2 rings (SSSR count). The van der Waals surface area contributed by atoms with E-state index in [2.05, 4.69) is 6.92 Å². The molecule has 1 N–H and O–H groups in total. The molecular weight excluding hydrogens is 244 g/mol. The summed E-state index contributed by atoms with van der Waals surface area (Å²) in [6.07, 6.45) is 4.84. The highest BCUT2D eigenvalue weighted by molar-refractivity contribution is 5.90. The van der Waals surface area contributed by atoms with Gasteiger partial charge in [0.15, 0.2) is 0 Å². The summed E-state index contributed by atoms with van der Waals surface area (Å²) in [5.74, 6) is 0.374. The van der Waals surface area contributed by atoms with Gasteiger partial charge in [0, 0.05) is 18.9 Å². The zero-order valence-corrected chi connectivity index (χ0v) is 11.9. The largest absolute Gasteiger partial charge is 0.512 e. The van der Waals surface area contributed by atoms with Gasteiger partial charge in [0.05, 0.1) is 18.3 Å². The Morgan fingerprint density at radius 1 is 1.37 bits per heavy atom. The van der Waals surface area contributed by atoms with E-state index in [0.717, 1.165) is 32.3 Å². The third-order valence-corrected chi connectivity index (χ3v) is 4.14. The minimum Gasteiger partial charge on any atom is -0.512 e. The van der Waals surface area contributed by atoms with E-state index >= 15 is 0 Å². The number of allylic oxidation sites excluding steroid dienone is 1. The van der Waals surface area contributed by atoms with Crippen LogP contribution in [0.25, 0.3) is 0 Å². The molecule has 0 unspecified atom stereocenters. The van der Waals surface area contributed by atoms with Gasteiger partial charge in [-0.15, -0.1) is 0 Å². The number of rotatable bonds is 6. The Balaban J connectivity index is 1.93. The highest BCUT2D eigenvalue weighted by atomic mass is 16.5. The summed E-state index contributed by atoms with van der Waals surface area (Å²) in [5.41, 5.74) is 0.508. The fourth-order valence-electron chi connectivity index (χ4n) is 3.23. The number of hydrogen-bond acceptors (Lipinski definition) is 4. The molecule has 4 nitrogen and oxygen atoms in total. The topological polar surface area (TPSA) is 55.8 Å². The van der Waals surface area contributed by atoms with Gasteiger partial charge in [0.1, 0.15) is 5.76 Å². The maximum absolute atomic E-state index is 11.9. The lowest BCUT2D eigenvalue weighted by molar-refractivity contribution is -0.139. The SMILES string of the molecule is CCCCO[C@@H]1C[C@H]2CC(O)=C(C(=O)OCC)[C@H]2C1. The number of esters is 1. The smallest absolute Gasteiger partial charge is 0.337 e. The van der Waals surface area contributed by atoms with Crippen LogP contribution in [0.2, 0.25) is 0 Å². The molecule has 0 aromatic heterocycles. The Morgan fingerprint density at radius 2 is 2.16 bits per heavy atom. The second kappa shape index (κ2) is 6.42. The lowest BCUT2D eigenvalue weighted by atomic mass is 9.95. The van der Waals surface area contributed by atoms with Crippen molar-refractivity contribution in [2.24, 2.45) is 11.8 Å². The normalized spacial score (nSPS) is 29.7. The summed E-state index contributed by atoms with van der Waals surface area (Å²) in [5, 5.41) is 9.93. The van der Waals surface area contributed by atoms with Gasteiger partial charge in [-0.3, -0.25) is 0 Å². The van der Waals surface area contributed by atoms with Crippen LogP contribution in [0.3, 0.4) is 0 Å². The zero-order chi connectivity index (χ0) is 13.8. The molecule has 0 aromatic carbocycles. The van der Waals surface area contributed by atoms with Gasteiger partial charge in [0.2, 0.25) is 0 Å². The Morgan fingerprint density at radius 3 is 2.84 bits per heavy atom. The number of carbonyl (C=O) groups is 1. The second-order valence-corrected chi connectivity index (χ2v) is 5.47. The van der Waals surface area contributed by atoms with Crippen molar-refractivity contribution < 1.29 is 19.4 Å². The van der Waals surface area contributed by atoms with Crippen LogP contribution in [0.1, 0.15) is 46.0 Å². The average molecular weight is 268 g/mol. The zero-order valence-electron chi connectivity index (χ0n) is 11.9. The number of aliphatic hydroxyl groups excluding tert-OH is 1. The van der Waals surface area contributed by atoms with Crippen molar-refractivity contribution in [1.29, 1.82) is 0 Å². The van der Waals surface area contributed by atoms with Crippen molar-refractivity contribution in [3.8, 4) is 0 Å². The summed E-state index contributed by atoms with van der Waals surface area (Å²) < 4.78 is 10.9. The van der Waals surface area contributed by atoms with Crippen molar-refractivity contribution in [2.45, 2.75) is 52.1 Å². The van der Waals surface area contributed by atoms with Gasteiger partial charge in [0.25, 0.3) is 0 Å². The molecule has 0 aromatic rings.